The van der Waals surface area contributed by atoms with Crippen LogP contribution in [0.25, 0.3) is 0 Å². The number of nitrogens with one attached hydrogen (secondary N) is 1. The SMILES string of the molecule is CCNC(=O)c1ccc(OC)c(C#CCO)c1. The van der Waals surface area contributed by atoms with Gasteiger partial charge in [0.25, 0.3) is 5.91 Å². The van der Waals surface area contributed by atoms with E-state index in [4.69, 9.17) is 9.84 Å². The van der Waals surface area contributed by atoms with E-state index >= 15 is 0 Å². The van der Waals surface area contributed by atoms with Gasteiger partial charge in [0.2, 0.25) is 0 Å². The van der Waals surface area contributed by atoms with Gasteiger partial charge >= 0.3 is 0 Å². The van der Waals surface area contributed by atoms with Crippen molar-refractivity contribution in [2.24, 2.45) is 0 Å². The molecule has 0 fully saturated rings. The Bertz CT molecular complexity index is 457. The van der Waals surface area contributed by atoms with E-state index in [1.165, 1.54) is 7.11 Å². The lowest BCUT2D eigenvalue weighted by atomic mass is 10.1. The van der Waals surface area contributed by atoms with Gasteiger partial charge in [-0.3, -0.25) is 4.79 Å². The predicted molar refractivity (Wildman–Crippen MR) is 65.0 cm³/mol. The highest BCUT2D eigenvalue weighted by molar-refractivity contribution is 5.94. The summed E-state index contributed by atoms with van der Waals surface area (Å²) in [6.07, 6.45) is 0. The topological polar surface area (TPSA) is 58.6 Å². The Morgan fingerprint density at radius 3 is 2.88 bits per heavy atom. The fourth-order valence-corrected chi connectivity index (χ4v) is 1.34. The molecule has 0 saturated heterocycles. The molecule has 0 aliphatic carbocycles. The van der Waals surface area contributed by atoms with Crippen molar-refractivity contribution >= 4 is 5.91 Å². The normalized spacial score (nSPS) is 9.12. The molecule has 1 aromatic rings. The minimum Gasteiger partial charge on any atom is -0.495 e. The highest BCUT2D eigenvalue weighted by Crippen LogP contribution is 2.18. The molecule has 0 aliphatic rings. The molecule has 0 spiro atoms. The summed E-state index contributed by atoms with van der Waals surface area (Å²) in [6.45, 7) is 2.20. The average molecular weight is 233 g/mol. The van der Waals surface area contributed by atoms with Crippen molar-refractivity contribution in [2.75, 3.05) is 20.3 Å². The molecule has 1 amide bonds. The summed E-state index contributed by atoms with van der Waals surface area (Å²) in [5, 5.41) is 11.4. The Hall–Kier alpha value is -1.99. The molecule has 0 saturated carbocycles. The van der Waals surface area contributed by atoms with Crippen molar-refractivity contribution in [2.45, 2.75) is 6.92 Å². The number of amides is 1. The van der Waals surface area contributed by atoms with Crippen LogP contribution in [-0.4, -0.2) is 31.3 Å². The van der Waals surface area contributed by atoms with Crippen LogP contribution in [0, 0.1) is 11.8 Å². The molecule has 4 nitrogen and oxygen atoms in total. The van der Waals surface area contributed by atoms with Crippen LogP contribution in [0.5, 0.6) is 5.75 Å². The van der Waals surface area contributed by atoms with Gasteiger partial charge in [0, 0.05) is 12.1 Å². The van der Waals surface area contributed by atoms with Crippen LogP contribution in [0.1, 0.15) is 22.8 Å². The van der Waals surface area contributed by atoms with Crippen LogP contribution in [0.4, 0.5) is 0 Å². The van der Waals surface area contributed by atoms with E-state index in [0.29, 0.717) is 23.4 Å². The zero-order valence-corrected chi connectivity index (χ0v) is 9.91. The molecule has 17 heavy (non-hydrogen) atoms. The van der Waals surface area contributed by atoms with Crippen LogP contribution in [0.3, 0.4) is 0 Å². The molecular formula is C13H15NO3. The zero-order chi connectivity index (χ0) is 12.7. The lowest BCUT2D eigenvalue weighted by Gasteiger charge is -2.06. The van der Waals surface area contributed by atoms with Crippen molar-refractivity contribution in [1.82, 2.24) is 5.32 Å². The third-order valence-electron chi connectivity index (χ3n) is 2.10. The van der Waals surface area contributed by atoms with Gasteiger partial charge in [-0.2, -0.15) is 0 Å². The third kappa shape index (κ3) is 3.51. The molecule has 0 aliphatic heterocycles. The lowest BCUT2D eigenvalue weighted by Crippen LogP contribution is -2.22. The molecular weight excluding hydrogens is 218 g/mol. The molecule has 4 heteroatoms. The maximum absolute atomic E-state index is 11.6. The second-order valence-corrected chi connectivity index (χ2v) is 3.23. The zero-order valence-electron chi connectivity index (χ0n) is 9.91. The maximum atomic E-state index is 11.6. The summed E-state index contributed by atoms with van der Waals surface area (Å²) in [4.78, 5) is 11.6. The molecule has 90 valence electrons. The van der Waals surface area contributed by atoms with Gasteiger partial charge in [0.05, 0.1) is 12.7 Å². The van der Waals surface area contributed by atoms with E-state index in [1.54, 1.807) is 18.2 Å². The molecule has 0 unspecified atom stereocenters. The van der Waals surface area contributed by atoms with Crippen molar-refractivity contribution in [3.05, 3.63) is 29.3 Å². The van der Waals surface area contributed by atoms with Gasteiger partial charge in [-0.05, 0) is 25.1 Å². The summed E-state index contributed by atoms with van der Waals surface area (Å²) in [5.41, 5.74) is 1.11. The Labute approximate surface area is 101 Å². The molecule has 2 N–H and O–H groups in total. The first-order chi connectivity index (χ1) is 8.22. The fraction of sp³-hybridized carbons (Fsp3) is 0.308. The number of ether oxygens (including phenoxy) is 1. The molecule has 0 heterocycles. The first kappa shape index (κ1) is 13.1. The number of aliphatic hydroxyl groups is 1. The van der Waals surface area contributed by atoms with Crippen LogP contribution in [-0.2, 0) is 0 Å². The van der Waals surface area contributed by atoms with E-state index in [-0.39, 0.29) is 12.5 Å². The monoisotopic (exact) mass is 233 g/mol. The van der Waals surface area contributed by atoms with E-state index in [0.717, 1.165) is 0 Å². The number of benzene rings is 1. The van der Waals surface area contributed by atoms with Crippen molar-refractivity contribution in [3.63, 3.8) is 0 Å². The van der Waals surface area contributed by atoms with Crippen molar-refractivity contribution < 1.29 is 14.6 Å². The van der Waals surface area contributed by atoms with Crippen LogP contribution >= 0.6 is 0 Å². The lowest BCUT2D eigenvalue weighted by molar-refractivity contribution is 0.0956. The Morgan fingerprint density at radius 1 is 1.53 bits per heavy atom. The number of hydrogen-bond acceptors (Lipinski definition) is 3. The Kier molecular flexibility index (Phi) is 5.05. The standard InChI is InChI=1S/C13H15NO3/c1-3-14-13(16)11-6-7-12(17-2)10(9-11)5-4-8-15/h6-7,9,15H,3,8H2,1-2H3,(H,14,16). The first-order valence-electron chi connectivity index (χ1n) is 5.28. The van der Waals surface area contributed by atoms with Gasteiger partial charge in [0.1, 0.15) is 12.4 Å². The summed E-state index contributed by atoms with van der Waals surface area (Å²) >= 11 is 0. The van der Waals surface area contributed by atoms with Gasteiger partial charge in [0.15, 0.2) is 0 Å². The second kappa shape index (κ2) is 6.56. The van der Waals surface area contributed by atoms with E-state index in [1.807, 2.05) is 6.92 Å². The van der Waals surface area contributed by atoms with Crippen LogP contribution in [0.15, 0.2) is 18.2 Å². The molecule has 1 rings (SSSR count). The number of aliphatic hydroxyl groups excluding tert-OH is 1. The second-order valence-electron chi connectivity index (χ2n) is 3.23. The first-order valence-corrected chi connectivity index (χ1v) is 5.28. The Balaban J connectivity index is 3.08. The minimum atomic E-state index is -0.228. The number of rotatable bonds is 3. The third-order valence-corrected chi connectivity index (χ3v) is 2.10. The minimum absolute atomic E-state index is 0.151. The fourth-order valence-electron chi connectivity index (χ4n) is 1.34. The van der Waals surface area contributed by atoms with Gasteiger partial charge < -0.3 is 15.2 Å². The number of carbonyl (C=O) groups excluding carboxylic acids is 1. The average Bonchev–Trinajstić information content (AvgIpc) is 2.36. The predicted octanol–water partition coefficient (Wildman–Crippen LogP) is 0.789. The largest absolute Gasteiger partial charge is 0.495 e. The van der Waals surface area contributed by atoms with Crippen LogP contribution in [0.2, 0.25) is 0 Å². The molecule has 1 aromatic carbocycles. The molecule has 0 radical (unpaired) electrons. The number of carbonyl (C=O) groups is 1. The molecule has 0 aromatic heterocycles. The van der Waals surface area contributed by atoms with Gasteiger partial charge in [-0.1, -0.05) is 11.8 Å². The quantitative estimate of drug-likeness (QED) is 0.759. The van der Waals surface area contributed by atoms with Crippen LogP contribution < -0.4 is 10.1 Å². The van der Waals surface area contributed by atoms with Gasteiger partial charge in [-0.25, -0.2) is 0 Å². The summed E-state index contributed by atoms with van der Waals surface area (Å²) in [7, 11) is 1.53. The van der Waals surface area contributed by atoms with Crippen molar-refractivity contribution in [3.8, 4) is 17.6 Å². The van der Waals surface area contributed by atoms with Crippen molar-refractivity contribution in [1.29, 1.82) is 0 Å². The maximum Gasteiger partial charge on any atom is 0.251 e. The van der Waals surface area contributed by atoms with E-state index in [2.05, 4.69) is 17.2 Å². The number of hydrogen-bond donors (Lipinski definition) is 2. The van der Waals surface area contributed by atoms with E-state index < -0.39 is 0 Å². The molecule has 0 bridgehead atoms. The number of methoxy groups -OCH3 is 1. The molecule has 0 atom stereocenters. The summed E-state index contributed by atoms with van der Waals surface area (Å²) < 4.78 is 5.12. The van der Waals surface area contributed by atoms with Gasteiger partial charge in [-0.15, -0.1) is 0 Å². The highest BCUT2D eigenvalue weighted by atomic mass is 16.5. The Morgan fingerprint density at radius 2 is 2.29 bits per heavy atom. The van der Waals surface area contributed by atoms with E-state index in [9.17, 15) is 4.79 Å². The summed E-state index contributed by atoms with van der Waals surface area (Å²) in [6, 6.07) is 5.01. The highest BCUT2D eigenvalue weighted by Gasteiger charge is 2.07. The smallest absolute Gasteiger partial charge is 0.251 e. The summed E-state index contributed by atoms with van der Waals surface area (Å²) in [5.74, 6) is 5.71.